The van der Waals surface area contributed by atoms with E-state index in [9.17, 15) is 14.7 Å². The molecule has 0 aliphatic heterocycles. The van der Waals surface area contributed by atoms with E-state index in [2.05, 4.69) is 12.1 Å². The van der Waals surface area contributed by atoms with Crippen molar-refractivity contribution in [1.29, 1.82) is 0 Å². The van der Waals surface area contributed by atoms with Gasteiger partial charge in [0, 0.05) is 25.6 Å². The van der Waals surface area contributed by atoms with Gasteiger partial charge in [0.05, 0.1) is 0 Å². The Morgan fingerprint density at radius 3 is 2.35 bits per heavy atom. The first-order valence-corrected chi connectivity index (χ1v) is 7.71. The summed E-state index contributed by atoms with van der Waals surface area (Å²) in [7, 11) is 1.74. The van der Waals surface area contributed by atoms with Crippen LogP contribution in [0.15, 0.2) is 34.7 Å². The fourth-order valence-corrected chi connectivity index (χ4v) is 3.13. The second-order valence-electron chi connectivity index (χ2n) is 5.85. The van der Waals surface area contributed by atoms with Gasteiger partial charge in [-0.2, -0.15) is 0 Å². The monoisotopic (exact) mass is 313 g/mol. The number of nitrogens with zero attached hydrogens (tertiary/aromatic N) is 1. The first kappa shape index (κ1) is 15.3. The summed E-state index contributed by atoms with van der Waals surface area (Å²) in [5.74, 6) is -0.910. The van der Waals surface area contributed by atoms with Gasteiger partial charge in [0.1, 0.15) is 11.3 Å². The van der Waals surface area contributed by atoms with Crippen LogP contribution in [0.3, 0.4) is 0 Å². The lowest BCUT2D eigenvalue weighted by Gasteiger charge is -2.23. The first-order chi connectivity index (χ1) is 11.0. The van der Waals surface area contributed by atoms with Crippen LogP contribution in [0.5, 0.6) is 0 Å². The van der Waals surface area contributed by atoms with Crippen molar-refractivity contribution in [2.24, 2.45) is 0 Å². The largest absolute Gasteiger partial charge is 0.478 e. The Kier molecular flexibility index (Phi) is 3.94. The van der Waals surface area contributed by atoms with Crippen molar-refractivity contribution in [1.82, 2.24) is 4.90 Å². The predicted octanol–water partition coefficient (Wildman–Crippen LogP) is 2.78. The van der Waals surface area contributed by atoms with E-state index in [0.717, 1.165) is 12.8 Å². The summed E-state index contributed by atoms with van der Waals surface area (Å²) in [6.45, 7) is 1.80. The SMILES string of the molecule is CCc1oc(C(=O)N(C)C2Cc3ccccc3C2)cc1C(=O)O. The predicted molar refractivity (Wildman–Crippen MR) is 84.8 cm³/mol. The van der Waals surface area contributed by atoms with Gasteiger partial charge in [0.15, 0.2) is 5.76 Å². The Morgan fingerprint density at radius 2 is 1.87 bits per heavy atom. The standard InChI is InChI=1S/C18H19NO4/c1-3-15-14(18(21)22)10-16(23-15)17(20)19(2)13-8-11-6-4-5-7-12(11)9-13/h4-7,10,13H,3,8-9H2,1-2H3,(H,21,22). The average Bonchev–Trinajstić information content (AvgIpc) is 3.17. The number of hydrogen-bond acceptors (Lipinski definition) is 3. The molecule has 120 valence electrons. The molecule has 1 aromatic carbocycles. The minimum atomic E-state index is -1.07. The number of hydrogen-bond donors (Lipinski definition) is 1. The van der Waals surface area contributed by atoms with Gasteiger partial charge >= 0.3 is 5.97 Å². The number of carboxylic acid groups (broad SMARTS) is 1. The van der Waals surface area contributed by atoms with E-state index in [1.807, 2.05) is 12.1 Å². The first-order valence-electron chi connectivity index (χ1n) is 7.71. The number of furan rings is 1. The van der Waals surface area contributed by atoms with Gasteiger partial charge in [0.25, 0.3) is 5.91 Å². The smallest absolute Gasteiger partial charge is 0.339 e. The maximum atomic E-state index is 12.6. The minimum Gasteiger partial charge on any atom is -0.478 e. The number of amides is 1. The number of rotatable bonds is 4. The van der Waals surface area contributed by atoms with Crippen LogP contribution in [0.2, 0.25) is 0 Å². The molecule has 1 heterocycles. The fourth-order valence-electron chi connectivity index (χ4n) is 3.13. The molecular weight excluding hydrogens is 294 g/mol. The zero-order valence-corrected chi connectivity index (χ0v) is 13.2. The number of carboxylic acids is 1. The zero-order valence-electron chi connectivity index (χ0n) is 13.2. The summed E-state index contributed by atoms with van der Waals surface area (Å²) in [4.78, 5) is 25.5. The Morgan fingerprint density at radius 1 is 1.26 bits per heavy atom. The minimum absolute atomic E-state index is 0.0685. The fraction of sp³-hybridized carbons (Fsp3) is 0.333. The summed E-state index contributed by atoms with van der Waals surface area (Å²) in [5, 5.41) is 9.18. The average molecular weight is 313 g/mol. The van der Waals surface area contributed by atoms with Gasteiger partial charge in [-0.25, -0.2) is 4.79 Å². The summed E-state index contributed by atoms with van der Waals surface area (Å²) >= 11 is 0. The highest BCUT2D eigenvalue weighted by atomic mass is 16.4. The maximum Gasteiger partial charge on any atom is 0.339 e. The summed E-state index contributed by atoms with van der Waals surface area (Å²) in [6, 6.07) is 9.58. The van der Waals surface area contributed by atoms with Crippen LogP contribution >= 0.6 is 0 Å². The van der Waals surface area contributed by atoms with Crippen molar-refractivity contribution in [2.45, 2.75) is 32.2 Å². The molecule has 23 heavy (non-hydrogen) atoms. The molecule has 0 saturated heterocycles. The van der Waals surface area contributed by atoms with Gasteiger partial charge in [-0.1, -0.05) is 31.2 Å². The van der Waals surface area contributed by atoms with Crippen molar-refractivity contribution in [3.63, 3.8) is 0 Å². The van der Waals surface area contributed by atoms with Crippen LogP contribution in [-0.4, -0.2) is 35.0 Å². The van der Waals surface area contributed by atoms with Crippen LogP contribution in [0, 0.1) is 0 Å². The number of aromatic carboxylic acids is 1. The number of benzene rings is 1. The van der Waals surface area contributed by atoms with Gasteiger partial charge in [0.2, 0.25) is 0 Å². The lowest BCUT2D eigenvalue weighted by Crippen LogP contribution is -2.37. The van der Waals surface area contributed by atoms with Crippen molar-refractivity contribution in [3.8, 4) is 0 Å². The molecule has 0 unspecified atom stereocenters. The van der Waals surface area contributed by atoms with E-state index in [1.165, 1.54) is 17.2 Å². The molecule has 0 bridgehead atoms. The van der Waals surface area contributed by atoms with Crippen LogP contribution < -0.4 is 0 Å². The maximum absolute atomic E-state index is 12.6. The van der Waals surface area contributed by atoms with E-state index >= 15 is 0 Å². The van der Waals surface area contributed by atoms with Crippen molar-refractivity contribution >= 4 is 11.9 Å². The van der Waals surface area contributed by atoms with E-state index in [4.69, 9.17) is 4.42 Å². The second kappa shape index (κ2) is 5.91. The van der Waals surface area contributed by atoms with Gasteiger partial charge in [-0.3, -0.25) is 4.79 Å². The normalized spacial score (nSPS) is 13.8. The van der Waals surface area contributed by atoms with Crippen LogP contribution in [0.4, 0.5) is 0 Å². The summed E-state index contributed by atoms with van der Waals surface area (Å²) in [6.07, 6.45) is 2.06. The summed E-state index contributed by atoms with van der Waals surface area (Å²) < 4.78 is 5.47. The summed E-state index contributed by atoms with van der Waals surface area (Å²) in [5.41, 5.74) is 2.59. The molecule has 1 aliphatic carbocycles. The van der Waals surface area contributed by atoms with E-state index in [0.29, 0.717) is 12.2 Å². The molecule has 0 radical (unpaired) electrons. The number of fused-ring (bicyclic) bond motifs is 1. The Bertz CT molecular complexity index is 737. The highest BCUT2D eigenvalue weighted by molar-refractivity contribution is 5.96. The van der Waals surface area contributed by atoms with Crippen LogP contribution in [0.1, 0.15) is 44.7 Å². The Labute approximate surface area is 134 Å². The highest BCUT2D eigenvalue weighted by Crippen LogP contribution is 2.26. The van der Waals surface area contributed by atoms with Crippen LogP contribution in [-0.2, 0) is 19.3 Å². The third kappa shape index (κ3) is 2.74. The molecule has 3 rings (SSSR count). The molecular formula is C18H19NO4. The molecule has 5 nitrogen and oxygen atoms in total. The van der Waals surface area contributed by atoms with Crippen molar-refractivity contribution in [2.75, 3.05) is 7.05 Å². The van der Waals surface area contributed by atoms with Gasteiger partial charge in [-0.15, -0.1) is 0 Å². The van der Waals surface area contributed by atoms with E-state index < -0.39 is 5.97 Å². The molecule has 0 atom stereocenters. The third-order valence-corrected chi connectivity index (χ3v) is 4.47. The van der Waals surface area contributed by atoms with E-state index in [-0.39, 0.29) is 23.3 Å². The molecule has 0 fully saturated rings. The quantitative estimate of drug-likeness (QED) is 0.942. The second-order valence-corrected chi connectivity index (χ2v) is 5.85. The topological polar surface area (TPSA) is 70.8 Å². The molecule has 1 aliphatic rings. The number of likely N-dealkylation sites (N-methyl/N-ethyl adjacent to an activating group) is 1. The van der Waals surface area contributed by atoms with Crippen molar-refractivity contribution < 1.29 is 19.1 Å². The van der Waals surface area contributed by atoms with Gasteiger partial charge < -0.3 is 14.4 Å². The Balaban J connectivity index is 1.80. The number of carbonyl (C=O) groups is 2. The van der Waals surface area contributed by atoms with Gasteiger partial charge in [-0.05, 0) is 24.0 Å². The zero-order chi connectivity index (χ0) is 16.6. The molecule has 1 aromatic heterocycles. The Hall–Kier alpha value is -2.56. The lowest BCUT2D eigenvalue weighted by molar-refractivity contribution is 0.0687. The number of carbonyl (C=O) groups excluding carboxylic acids is 1. The van der Waals surface area contributed by atoms with E-state index in [1.54, 1.807) is 18.9 Å². The molecule has 0 saturated carbocycles. The number of aryl methyl sites for hydroxylation is 1. The van der Waals surface area contributed by atoms with Crippen LogP contribution in [0.25, 0.3) is 0 Å². The third-order valence-electron chi connectivity index (χ3n) is 4.47. The molecule has 5 heteroatoms. The highest BCUT2D eigenvalue weighted by Gasteiger charge is 2.30. The molecule has 2 aromatic rings. The van der Waals surface area contributed by atoms with Crippen molar-refractivity contribution in [3.05, 3.63) is 58.5 Å². The molecule has 1 amide bonds. The molecule has 1 N–H and O–H groups in total. The molecule has 0 spiro atoms. The lowest BCUT2D eigenvalue weighted by atomic mass is 10.1.